The summed E-state index contributed by atoms with van der Waals surface area (Å²) >= 11 is 0. The zero-order chi connectivity index (χ0) is 12.5. The highest BCUT2D eigenvalue weighted by Gasteiger charge is 2.25. The maximum absolute atomic E-state index is 11.8. The highest BCUT2D eigenvalue weighted by molar-refractivity contribution is 7.92. The highest BCUT2D eigenvalue weighted by atomic mass is 32.2. The van der Waals surface area contributed by atoms with E-state index in [4.69, 9.17) is 5.11 Å². The van der Waals surface area contributed by atoms with Crippen LogP contribution in [0.3, 0.4) is 0 Å². The monoisotopic (exact) mass is 258 g/mol. The fourth-order valence-corrected chi connectivity index (χ4v) is 2.17. The number of hydrogen-bond donors (Lipinski definition) is 3. The third-order valence-corrected chi connectivity index (χ3v) is 3.11. The maximum Gasteiger partial charge on any atom is 0.340 e. The largest absolute Gasteiger partial charge is 0.478 e. The van der Waals surface area contributed by atoms with Gasteiger partial charge in [-0.15, -0.1) is 0 Å². The molecule has 2 heterocycles. The SMILES string of the molecule is O=C(O)c1cn[nH]c1S(=O)(=O)Nc1ccon1. The van der Waals surface area contributed by atoms with Crippen LogP contribution >= 0.6 is 0 Å². The Morgan fingerprint density at radius 2 is 2.29 bits per heavy atom. The van der Waals surface area contributed by atoms with Gasteiger partial charge in [-0.2, -0.15) is 13.5 Å². The molecule has 0 bridgehead atoms. The Morgan fingerprint density at radius 3 is 2.88 bits per heavy atom. The summed E-state index contributed by atoms with van der Waals surface area (Å²) in [5, 5.41) is 17.0. The summed E-state index contributed by atoms with van der Waals surface area (Å²) in [5.41, 5.74) is -0.457. The van der Waals surface area contributed by atoms with E-state index < -0.39 is 26.6 Å². The van der Waals surface area contributed by atoms with Crippen molar-refractivity contribution in [2.75, 3.05) is 4.72 Å². The molecule has 2 rings (SSSR count). The van der Waals surface area contributed by atoms with Gasteiger partial charge < -0.3 is 9.63 Å². The van der Waals surface area contributed by atoms with Crippen LogP contribution < -0.4 is 4.72 Å². The zero-order valence-corrected chi connectivity index (χ0v) is 8.93. The minimum Gasteiger partial charge on any atom is -0.478 e. The molecule has 0 saturated carbocycles. The normalized spacial score (nSPS) is 11.3. The molecule has 0 radical (unpaired) electrons. The van der Waals surface area contributed by atoms with E-state index in [2.05, 4.69) is 19.9 Å². The summed E-state index contributed by atoms with van der Waals surface area (Å²) in [6.07, 6.45) is 2.07. The van der Waals surface area contributed by atoms with Gasteiger partial charge in [0.15, 0.2) is 10.8 Å². The van der Waals surface area contributed by atoms with E-state index in [1.807, 2.05) is 4.72 Å². The molecule has 0 unspecified atom stereocenters. The van der Waals surface area contributed by atoms with E-state index in [9.17, 15) is 13.2 Å². The molecule has 0 saturated heterocycles. The Labute approximate surface area is 94.5 Å². The van der Waals surface area contributed by atoms with Gasteiger partial charge >= 0.3 is 5.97 Å². The number of carboxylic acid groups (broad SMARTS) is 1. The Kier molecular flexibility index (Phi) is 2.55. The number of nitrogens with zero attached hydrogens (tertiary/aromatic N) is 2. The summed E-state index contributed by atoms with van der Waals surface area (Å²) in [6, 6.07) is 1.27. The van der Waals surface area contributed by atoms with Crippen LogP contribution in [0, 0.1) is 0 Å². The molecule has 0 amide bonds. The van der Waals surface area contributed by atoms with Crippen molar-refractivity contribution in [3.05, 3.63) is 24.1 Å². The molecule has 0 aliphatic heterocycles. The van der Waals surface area contributed by atoms with Gasteiger partial charge in [-0.1, -0.05) is 5.16 Å². The van der Waals surface area contributed by atoms with Crippen LogP contribution in [0.15, 0.2) is 28.1 Å². The number of hydrogen-bond acceptors (Lipinski definition) is 6. The lowest BCUT2D eigenvalue weighted by Gasteiger charge is -2.02. The predicted octanol–water partition coefficient (Wildman–Crippen LogP) is -0.103. The van der Waals surface area contributed by atoms with Gasteiger partial charge in [0, 0.05) is 6.07 Å². The smallest absolute Gasteiger partial charge is 0.340 e. The molecule has 17 heavy (non-hydrogen) atoms. The number of aromatic nitrogens is 3. The molecule has 9 nitrogen and oxygen atoms in total. The van der Waals surface area contributed by atoms with Gasteiger partial charge in [-0.05, 0) is 0 Å². The molecule has 0 aliphatic rings. The van der Waals surface area contributed by atoms with Crippen molar-refractivity contribution in [2.45, 2.75) is 5.03 Å². The Bertz CT molecular complexity index is 629. The van der Waals surface area contributed by atoms with Crippen molar-refractivity contribution >= 4 is 21.8 Å². The van der Waals surface area contributed by atoms with Crippen molar-refractivity contribution in [1.29, 1.82) is 0 Å². The molecular formula is C7H6N4O5S. The number of aromatic carboxylic acids is 1. The van der Waals surface area contributed by atoms with Gasteiger partial charge in [-0.25, -0.2) is 4.79 Å². The molecule has 0 spiro atoms. The lowest BCUT2D eigenvalue weighted by molar-refractivity contribution is 0.0692. The highest BCUT2D eigenvalue weighted by Crippen LogP contribution is 2.15. The average molecular weight is 258 g/mol. The zero-order valence-electron chi connectivity index (χ0n) is 8.11. The Hall–Kier alpha value is -2.36. The molecule has 2 aromatic rings. The van der Waals surface area contributed by atoms with Gasteiger partial charge in [0.05, 0.1) is 6.20 Å². The Balaban J connectivity index is 2.38. The number of nitrogens with one attached hydrogen (secondary N) is 2. The van der Waals surface area contributed by atoms with E-state index in [0.29, 0.717) is 0 Å². The van der Waals surface area contributed by atoms with Crippen LogP contribution in [-0.4, -0.2) is 34.8 Å². The average Bonchev–Trinajstić information content (AvgIpc) is 2.84. The van der Waals surface area contributed by atoms with E-state index >= 15 is 0 Å². The number of carboxylic acids is 1. The third-order valence-electron chi connectivity index (χ3n) is 1.78. The molecule has 0 fully saturated rings. The van der Waals surface area contributed by atoms with E-state index in [-0.39, 0.29) is 5.82 Å². The molecule has 10 heteroatoms. The fraction of sp³-hybridized carbons (Fsp3) is 0. The molecule has 90 valence electrons. The van der Waals surface area contributed by atoms with Crippen molar-refractivity contribution in [2.24, 2.45) is 0 Å². The van der Waals surface area contributed by atoms with Crippen LogP contribution in [0.25, 0.3) is 0 Å². The molecule has 0 aromatic carbocycles. The van der Waals surface area contributed by atoms with Crippen LogP contribution in [-0.2, 0) is 10.0 Å². The summed E-state index contributed by atoms with van der Waals surface area (Å²) in [6.45, 7) is 0. The van der Waals surface area contributed by atoms with Crippen molar-refractivity contribution in [1.82, 2.24) is 15.4 Å². The second-order valence-corrected chi connectivity index (χ2v) is 4.53. The van der Waals surface area contributed by atoms with Crippen molar-refractivity contribution in [3.63, 3.8) is 0 Å². The Morgan fingerprint density at radius 1 is 1.53 bits per heavy atom. The number of H-pyrrole nitrogens is 1. The first-order chi connectivity index (χ1) is 8.00. The van der Waals surface area contributed by atoms with Gasteiger partial charge in [0.1, 0.15) is 11.8 Å². The van der Waals surface area contributed by atoms with Crippen molar-refractivity contribution < 1.29 is 22.8 Å². The van der Waals surface area contributed by atoms with Gasteiger partial charge in [0.2, 0.25) is 0 Å². The van der Waals surface area contributed by atoms with E-state index in [0.717, 1.165) is 6.20 Å². The maximum atomic E-state index is 11.8. The fourth-order valence-electron chi connectivity index (χ4n) is 1.09. The second-order valence-electron chi connectivity index (χ2n) is 2.91. The summed E-state index contributed by atoms with van der Waals surface area (Å²) < 4.78 is 30.0. The van der Waals surface area contributed by atoms with Crippen molar-refractivity contribution in [3.8, 4) is 0 Å². The van der Waals surface area contributed by atoms with E-state index in [1.54, 1.807) is 0 Å². The summed E-state index contributed by atoms with van der Waals surface area (Å²) in [4.78, 5) is 10.7. The molecule has 0 aliphatic carbocycles. The minimum atomic E-state index is -4.09. The number of carbonyl (C=O) groups is 1. The molecule has 0 atom stereocenters. The van der Waals surface area contributed by atoms with Crippen LogP contribution in [0.2, 0.25) is 0 Å². The van der Waals surface area contributed by atoms with Crippen LogP contribution in [0.1, 0.15) is 10.4 Å². The first-order valence-corrected chi connectivity index (χ1v) is 5.69. The van der Waals surface area contributed by atoms with E-state index in [1.165, 1.54) is 12.3 Å². The first kappa shape index (κ1) is 11.1. The van der Waals surface area contributed by atoms with Gasteiger partial charge in [-0.3, -0.25) is 9.82 Å². The number of sulfonamides is 1. The second kappa shape index (κ2) is 3.90. The standard InChI is InChI=1S/C7H6N4O5S/c12-7(13)4-3-8-9-6(4)17(14,15)11-5-1-2-16-10-5/h1-3H,(H,8,9)(H,10,11)(H,12,13). The topological polar surface area (TPSA) is 138 Å². The number of rotatable bonds is 4. The number of aromatic amines is 1. The first-order valence-electron chi connectivity index (χ1n) is 4.20. The molecular weight excluding hydrogens is 252 g/mol. The third kappa shape index (κ3) is 2.10. The van der Waals surface area contributed by atoms with Crippen LogP contribution in [0.5, 0.6) is 0 Å². The molecule has 2 aromatic heterocycles. The lowest BCUT2D eigenvalue weighted by Crippen LogP contribution is -2.16. The quantitative estimate of drug-likeness (QED) is 0.695. The molecule has 3 N–H and O–H groups in total. The van der Waals surface area contributed by atoms with Gasteiger partial charge in [0.25, 0.3) is 10.0 Å². The predicted molar refractivity (Wildman–Crippen MR) is 52.9 cm³/mol. The summed E-state index contributed by atoms with van der Waals surface area (Å²) in [5.74, 6) is -1.46. The minimum absolute atomic E-state index is 0.0593. The summed E-state index contributed by atoms with van der Waals surface area (Å²) in [7, 11) is -4.09. The number of anilines is 1. The lowest BCUT2D eigenvalue weighted by atomic mass is 10.4. The van der Waals surface area contributed by atoms with Crippen LogP contribution in [0.4, 0.5) is 5.82 Å².